The van der Waals surface area contributed by atoms with E-state index in [1.54, 1.807) is 0 Å². The van der Waals surface area contributed by atoms with Crippen LogP contribution in [0.4, 0.5) is 0 Å². The maximum atomic E-state index is 6.05. The molecule has 0 bridgehead atoms. The minimum Gasteiger partial charge on any atom is -0.374 e. The Labute approximate surface area is 122 Å². The highest BCUT2D eigenvalue weighted by molar-refractivity contribution is 9.10. The van der Waals surface area contributed by atoms with Crippen LogP contribution < -0.4 is 5.32 Å². The smallest absolute Gasteiger partial charge is 0.0826 e. The second kappa shape index (κ2) is 6.87. The second-order valence-electron chi connectivity index (χ2n) is 4.63. The second-order valence-corrected chi connectivity index (χ2v) is 5.90. The summed E-state index contributed by atoms with van der Waals surface area (Å²) in [6, 6.07) is 6.02. The summed E-state index contributed by atoms with van der Waals surface area (Å²) in [5.74, 6) is 0. The molecule has 1 saturated heterocycles. The van der Waals surface area contributed by atoms with Crippen LogP contribution in [0, 0.1) is 0 Å². The van der Waals surface area contributed by atoms with E-state index in [1.807, 2.05) is 12.1 Å². The average molecular weight is 334 g/mol. The molecular weight excluding hydrogens is 316 g/mol. The zero-order valence-electron chi connectivity index (χ0n) is 10.5. The molecule has 3 nitrogen and oxygen atoms in total. The van der Waals surface area contributed by atoms with Crippen LogP contribution in [0.5, 0.6) is 0 Å². The van der Waals surface area contributed by atoms with Gasteiger partial charge in [0.1, 0.15) is 0 Å². The van der Waals surface area contributed by atoms with Gasteiger partial charge in [0.15, 0.2) is 0 Å². The molecule has 1 aromatic rings. The molecule has 5 heteroatoms. The van der Waals surface area contributed by atoms with E-state index in [-0.39, 0.29) is 6.10 Å². The first-order valence-corrected chi connectivity index (χ1v) is 7.27. The lowest BCUT2D eigenvalue weighted by molar-refractivity contribution is -0.0182. The van der Waals surface area contributed by atoms with Gasteiger partial charge >= 0.3 is 0 Å². The molecule has 1 aliphatic rings. The number of benzene rings is 1. The lowest BCUT2D eigenvalue weighted by Crippen LogP contribution is -2.44. The van der Waals surface area contributed by atoms with Gasteiger partial charge in [-0.3, -0.25) is 0 Å². The van der Waals surface area contributed by atoms with E-state index in [9.17, 15) is 0 Å². The third kappa shape index (κ3) is 4.21. The Morgan fingerprint density at radius 2 is 2.39 bits per heavy atom. The van der Waals surface area contributed by atoms with Crippen LogP contribution in [0.3, 0.4) is 0 Å². The summed E-state index contributed by atoms with van der Waals surface area (Å²) >= 11 is 9.44. The van der Waals surface area contributed by atoms with Crippen LogP contribution in [0.15, 0.2) is 22.7 Å². The van der Waals surface area contributed by atoms with Crippen molar-refractivity contribution in [2.75, 3.05) is 33.3 Å². The zero-order valence-corrected chi connectivity index (χ0v) is 12.8. The van der Waals surface area contributed by atoms with E-state index in [4.69, 9.17) is 16.3 Å². The third-order valence-electron chi connectivity index (χ3n) is 3.03. The van der Waals surface area contributed by atoms with Crippen LogP contribution in [-0.2, 0) is 11.3 Å². The Kier molecular flexibility index (Phi) is 5.45. The minimum absolute atomic E-state index is 0.287. The molecule has 1 aromatic carbocycles. The predicted molar refractivity (Wildman–Crippen MR) is 78.1 cm³/mol. The van der Waals surface area contributed by atoms with Gasteiger partial charge in [-0.05, 0) is 40.7 Å². The predicted octanol–water partition coefficient (Wildman–Crippen LogP) is 2.52. The van der Waals surface area contributed by atoms with Crippen molar-refractivity contribution in [2.24, 2.45) is 0 Å². The number of nitrogens with one attached hydrogen (secondary N) is 1. The van der Waals surface area contributed by atoms with Crippen LogP contribution in [-0.4, -0.2) is 44.3 Å². The van der Waals surface area contributed by atoms with E-state index < -0.39 is 0 Å². The Bertz CT molecular complexity index is 403. The zero-order chi connectivity index (χ0) is 13.0. The summed E-state index contributed by atoms with van der Waals surface area (Å²) in [6.45, 7) is 4.54. The van der Waals surface area contributed by atoms with E-state index in [1.165, 1.54) is 5.56 Å². The molecule has 0 aromatic heterocycles. The van der Waals surface area contributed by atoms with Gasteiger partial charge in [-0.15, -0.1) is 0 Å². The van der Waals surface area contributed by atoms with Crippen LogP contribution in [0.2, 0.25) is 5.02 Å². The molecule has 0 radical (unpaired) electrons. The lowest BCUT2D eigenvalue weighted by Gasteiger charge is -2.30. The van der Waals surface area contributed by atoms with Crippen molar-refractivity contribution in [3.63, 3.8) is 0 Å². The van der Waals surface area contributed by atoms with E-state index in [0.29, 0.717) is 0 Å². The highest BCUT2D eigenvalue weighted by atomic mass is 79.9. The summed E-state index contributed by atoms with van der Waals surface area (Å²) in [5.41, 5.74) is 1.19. The standard InChI is InChI=1S/C13H18BrClN2O/c1-17-4-5-18-11(9-17)8-16-7-10-2-3-12(14)13(15)6-10/h2-3,6,11,16H,4-5,7-9H2,1H3. The van der Waals surface area contributed by atoms with Gasteiger partial charge in [0.05, 0.1) is 17.7 Å². The summed E-state index contributed by atoms with van der Waals surface area (Å²) in [4.78, 5) is 2.30. The van der Waals surface area contributed by atoms with Crippen molar-refractivity contribution in [3.8, 4) is 0 Å². The number of nitrogens with zero attached hydrogens (tertiary/aromatic N) is 1. The number of ether oxygens (including phenoxy) is 1. The van der Waals surface area contributed by atoms with Gasteiger partial charge < -0.3 is 15.0 Å². The highest BCUT2D eigenvalue weighted by Gasteiger charge is 2.16. The topological polar surface area (TPSA) is 24.5 Å². The molecule has 1 atom stereocenters. The van der Waals surface area contributed by atoms with Gasteiger partial charge in [-0.2, -0.15) is 0 Å². The first-order chi connectivity index (χ1) is 8.65. The molecule has 18 heavy (non-hydrogen) atoms. The van der Waals surface area contributed by atoms with Crippen molar-refractivity contribution in [2.45, 2.75) is 12.6 Å². The molecule has 1 fully saturated rings. The Morgan fingerprint density at radius 1 is 1.56 bits per heavy atom. The van der Waals surface area contributed by atoms with Gasteiger partial charge in [-0.25, -0.2) is 0 Å². The van der Waals surface area contributed by atoms with Crippen molar-refractivity contribution >= 4 is 27.5 Å². The van der Waals surface area contributed by atoms with Gasteiger partial charge in [0.25, 0.3) is 0 Å². The molecule has 0 amide bonds. The SMILES string of the molecule is CN1CCOC(CNCc2ccc(Br)c(Cl)c2)C1. The Balaban J connectivity index is 1.76. The van der Waals surface area contributed by atoms with Crippen molar-refractivity contribution in [3.05, 3.63) is 33.3 Å². The number of hydrogen-bond donors (Lipinski definition) is 1. The molecular formula is C13H18BrClN2O. The van der Waals surface area contributed by atoms with Crippen molar-refractivity contribution in [1.82, 2.24) is 10.2 Å². The highest BCUT2D eigenvalue weighted by Crippen LogP contribution is 2.23. The quantitative estimate of drug-likeness (QED) is 0.916. The number of hydrogen-bond acceptors (Lipinski definition) is 3. The summed E-state index contributed by atoms with van der Waals surface area (Å²) < 4.78 is 6.63. The van der Waals surface area contributed by atoms with Gasteiger partial charge in [-0.1, -0.05) is 17.7 Å². The van der Waals surface area contributed by atoms with Crippen molar-refractivity contribution in [1.29, 1.82) is 0 Å². The Hall–Kier alpha value is -0.130. The minimum atomic E-state index is 0.287. The molecule has 1 N–H and O–H groups in total. The van der Waals surface area contributed by atoms with Gasteiger partial charge in [0.2, 0.25) is 0 Å². The lowest BCUT2D eigenvalue weighted by atomic mass is 10.2. The largest absolute Gasteiger partial charge is 0.374 e. The first-order valence-electron chi connectivity index (χ1n) is 6.10. The van der Waals surface area contributed by atoms with Crippen LogP contribution in [0.25, 0.3) is 0 Å². The fraction of sp³-hybridized carbons (Fsp3) is 0.538. The normalized spacial score (nSPS) is 21.2. The summed E-state index contributed by atoms with van der Waals surface area (Å²) in [5, 5.41) is 4.17. The van der Waals surface area contributed by atoms with E-state index >= 15 is 0 Å². The number of likely N-dealkylation sites (N-methyl/N-ethyl adjacent to an activating group) is 1. The summed E-state index contributed by atoms with van der Waals surface area (Å²) in [6.07, 6.45) is 0.287. The Morgan fingerprint density at radius 3 is 3.11 bits per heavy atom. The monoisotopic (exact) mass is 332 g/mol. The third-order valence-corrected chi connectivity index (χ3v) is 4.26. The maximum Gasteiger partial charge on any atom is 0.0826 e. The van der Waals surface area contributed by atoms with Crippen LogP contribution in [0.1, 0.15) is 5.56 Å². The molecule has 0 saturated carbocycles. The molecule has 2 rings (SSSR count). The fourth-order valence-electron chi connectivity index (χ4n) is 2.02. The molecule has 0 aliphatic carbocycles. The fourth-order valence-corrected chi connectivity index (χ4v) is 2.47. The summed E-state index contributed by atoms with van der Waals surface area (Å²) in [7, 11) is 2.13. The maximum absolute atomic E-state index is 6.05. The van der Waals surface area contributed by atoms with Crippen molar-refractivity contribution < 1.29 is 4.74 Å². The number of halogens is 2. The van der Waals surface area contributed by atoms with Gasteiger partial charge in [0, 0.05) is 30.7 Å². The average Bonchev–Trinajstić information content (AvgIpc) is 2.34. The molecule has 1 aliphatic heterocycles. The van der Waals surface area contributed by atoms with E-state index in [2.05, 4.69) is 39.3 Å². The van der Waals surface area contributed by atoms with Crippen LogP contribution >= 0.6 is 27.5 Å². The number of morpholine rings is 1. The first kappa shape index (κ1) is 14.3. The van der Waals surface area contributed by atoms with E-state index in [0.717, 1.165) is 42.3 Å². The molecule has 100 valence electrons. The number of rotatable bonds is 4. The molecule has 1 unspecified atom stereocenters. The molecule has 1 heterocycles. The molecule has 0 spiro atoms.